The van der Waals surface area contributed by atoms with Crippen LogP contribution in [0.1, 0.15) is 23.2 Å². The van der Waals surface area contributed by atoms with Gasteiger partial charge in [-0.1, -0.05) is 6.07 Å². The van der Waals surface area contributed by atoms with E-state index in [0.29, 0.717) is 42.7 Å². The van der Waals surface area contributed by atoms with Gasteiger partial charge in [-0.3, -0.25) is 14.8 Å². The molecule has 1 amide bonds. The fourth-order valence-electron chi connectivity index (χ4n) is 2.44. The number of carbonyl (C=O) groups excluding carboxylic acids is 1. The highest BCUT2D eigenvalue weighted by molar-refractivity contribution is 6.04. The Kier molecular flexibility index (Phi) is 3.81. The number of nitrogens with one attached hydrogen (secondary N) is 1. The van der Waals surface area contributed by atoms with Crippen molar-refractivity contribution in [2.45, 2.75) is 18.4 Å². The van der Waals surface area contributed by atoms with E-state index in [1.807, 2.05) is 6.07 Å². The number of fused-ring (bicyclic) bond motifs is 1. The van der Waals surface area contributed by atoms with Gasteiger partial charge in [-0.2, -0.15) is 0 Å². The van der Waals surface area contributed by atoms with Gasteiger partial charge in [0.15, 0.2) is 0 Å². The summed E-state index contributed by atoms with van der Waals surface area (Å²) >= 11 is 0. The van der Waals surface area contributed by atoms with Crippen LogP contribution < -0.4 is 5.32 Å². The van der Waals surface area contributed by atoms with Gasteiger partial charge in [0.1, 0.15) is 5.52 Å². The molecule has 2 N–H and O–H groups in total. The summed E-state index contributed by atoms with van der Waals surface area (Å²) in [5.41, 5.74) is 0.826. The lowest BCUT2D eigenvalue weighted by atomic mass is 9.94. The number of benzene rings is 1. The second kappa shape index (κ2) is 5.75. The van der Waals surface area contributed by atoms with E-state index < -0.39 is 5.60 Å². The largest absolute Gasteiger partial charge is 0.388 e. The topological polar surface area (TPSA) is 84.3 Å². The SMILES string of the molecule is O=C(NCC1(O)CCOCC1)c1cccc2nccnc12. The average molecular weight is 287 g/mol. The van der Waals surface area contributed by atoms with Crippen molar-refractivity contribution in [2.75, 3.05) is 19.8 Å². The van der Waals surface area contributed by atoms with Crippen LogP contribution in [0.5, 0.6) is 0 Å². The molecule has 1 aliphatic rings. The van der Waals surface area contributed by atoms with E-state index >= 15 is 0 Å². The first kappa shape index (κ1) is 13.9. The molecule has 0 atom stereocenters. The van der Waals surface area contributed by atoms with Gasteiger partial charge in [0.05, 0.1) is 16.7 Å². The van der Waals surface area contributed by atoms with Crippen LogP contribution in [0.4, 0.5) is 0 Å². The van der Waals surface area contributed by atoms with Gasteiger partial charge in [0.2, 0.25) is 0 Å². The van der Waals surface area contributed by atoms with E-state index in [2.05, 4.69) is 15.3 Å². The van der Waals surface area contributed by atoms with Gasteiger partial charge in [0.25, 0.3) is 5.91 Å². The number of nitrogens with zero attached hydrogens (tertiary/aromatic N) is 2. The second-order valence-electron chi connectivity index (χ2n) is 5.25. The number of rotatable bonds is 3. The molecule has 1 fully saturated rings. The molecule has 0 unspecified atom stereocenters. The van der Waals surface area contributed by atoms with E-state index in [0.717, 1.165) is 0 Å². The first-order valence-corrected chi connectivity index (χ1v) is 6.96. The maximum Gasteiger partial charge on any atom is 0.253 e. The van der Waals surface area contributed by atoms with Gasteiger partial charge < -0.3 is 15.2 Å². The Labute approximate surface area is 122 Å². The van der Waals surface area contributed by atoms with Crippen molar-refractivity contribution in [3.63, 3.8) is 0 Å². The molecule has 1 saturated heterocycles. The Morgan fingerprint density at radius 3 is 2.86 bits per heavy atom. The summed E-state index contributed by atoms with van der Waals surface area (Å²) in [5, 5.41) is 13.1. The van der Waals surface area contributed by atoms with Gasteiger partial charge in [-0.15, -0.1) is 0 Å². The van der Waals surface area contributed by atoms with E-state index in [-0.39, 0.29) is 12.5 Å². The Morgan fingerprint density at radius 2 is 2.05 bits per heavy atom. The van der Waals surface area contributed by atoms with E-state index in [1.54, 1.807) is 24.5 Å². The van der Waals surface area contributed by atoms with Crippen LogP contribution >= 0.6 is 0 Å². The van der Waals surface area contributed by atoms with Crippen molar-refractivity contribution in [2.24, 2.45) is 0 Å². The quantitative estimate of drug-likeness (QED) is 0.876. The van der Waals surface area contributed by atoms with Crippen LogP contribution in [-0.4, -0.2) is 46.3 Å². The monoisotopic (exact) mass is 287 g/mol. The zero-order chi connectivity index (χ0) is 14.7. The number of aliphatic hydroxyl groups is 1. The van der Waals surface area contributed by atoms with Crippen LogP contribution in [0.15, 0.2) is 30.6 Å². The average Bonchev–Trinajstić information content (AvgIpc) is 2.53. The summed E-state index contributed by atoms with van der Waals surface area (Å²) in [7, 11) is 0. The third-order valence-electron chi connectivity index (χ3n) is 3.74. The second-order valence-corrected chi connectivity index (χ2v) is 5.25. The fraction of sp³-hybridized carbons (Fsp3) is 0.400. The first-order chi connectivity index (χ1) is 10.2. The Balaban J connectivity index is 1.75. The molecule has 21 heavy (non-hydrogen) atoms. The molecule has 0 radical (unpaired) electrons. The highest BCUT2D eigenvalue weighted by Crippen LogP contribution is 2.20. The van der Waals surface area contributed by atoms with Crippen molar-refractivity contribution in [1.82, 2.24) is 15.3 Å². The molecule has 110 valence electrons. The van der Waals surface area contributed by atoms with E-state index in [1.165, 1.54) is 0 Å². The third kappa shape index (κ3) is 3.01. The van der Waals surface area contributed by atoms with E-state index in [9.17, 15) is 9.90 Å². The molecule has 6 heteroatoms. The Bertz CT molecular complexity index is 648. The zero-order valence-electron chi connectivity index (χ0n) is 11.6. The van der Waals surface area contributed by atoms with Crippen LogP contribution in [0.25, 0.3) is 11.0 Å². The standard InChI is InChI=1S/C15H17N3O3/c19-14(18-10-15(20)4-8-21-9-5-15)11-2-1-3-12-13(11)17-7-6-16-12/h1-3,6-7,20H,4-5,8-10H2,(H,18,19). The molecule has 1 aromatic heterocycles. The number of amides is 1. The summed E-state index contributed by atoms with van der Waals surface area (Å²) in [4.78, 5) is 20.7. The number of para-hydroxylation sites is 1. The highest BCUT2D eigenvalue weighted by Gasteiger charge is 2.30. The van der Waals surface area contributed by atoms with Crippen LogP contribution in [0.2, 0.25) is 0 Å². The van der Waals surface area contributed by atoms with E-state index in [4.69, 9.17) is 4.74 Å². The lowest BCUT2D eigenvalue weighted by Crippen LogP contribution is -2.46. The molecule has 2 heterocycles. The number of hydrogen-bond acceptors (Lipinski definition) is 5. The van der Waals surface area contributed by atoms with Crippen molar-refractivity contribution in [3.05, 3.63) is 36.2 Å². The van der Waals surface area contributed by atoms with Crippen molar-refractivity contribution < 1.29 is 14.6 Å². The van der Waals surface area contributed by atoms with Crippen LogP contribution in [0.3, 0.4) is 0 Å². The third-order valence-corrected chi connectivity index (χ3v) is 3.74. The molecule has 1 aliphatic heterocycles. The number of carbonyl (C=O) groups is 1. The van der Waals surface area contributed by atoms with Crippen LogP contribution in [0, 0.1) is 0 Å². The first-order valence-electron chi connectivity index (χ1n) is 6.96. The van der Waals surface area contributed by atoms with Gasteiger partial charge >= 0.3 is 0 Å². The van der Waals surface area contributed by atoms with Gasteiger partial charge in [-0.05, 0) is 12.1 Å². The van der Waals surface area contributed by atoms with Crippen molar-refractivity contribution in [3.8, 4) is 0 Å². The predicted octanol–water partition coefficient (Wildman–Crippen LogP) is 0.901. The predicted molar refractivity (Wildman–Crippen MR) is 76.9 cm³/mol. The molecule has 0 spiro atoms. The Hall–Kier alpha value is -2.05. The summed E-state index contributed by atoms with van der Waals surface area (Å²) in [6.07, 6.45) is 4.21. The minimum absolute atomic E-state index is 0.214. The van der Waals surface area contributed by atoms with Crippen molar-refractivity contribution >= 4 is 16.9 Å². The lowest BCUT2D eigenvalue weighted by Gasteiger charge is -2.32. The van der Waals surface area contributed by atoms with Gasteiger partial charge in [0, 0.05) is 45.0 Å². The molecular formula is C15H17N3O3. The number of aromatic nitrogens is 2. The number of ether oxygens (including phenoxy) is 1. The fourth-order valence-corrected chi connectivity index (χ4v) is 2.44. The molecule has 2 aromatic rings. The molecule has 3 rings (SSSR count). The minimum Gasteiger partial charge on any atom is -0.388 e. The molecule has 0 bridgehead atoms. The van der Waals surface area contributed by atoms with Gasteiger partial charge in [-0.25, -0.2) is 0 Å². The summed E-state index contributed by atoms with van der Waals surface area (Å²) in [6, 6.07) is 5.29. The summed E-state index contributed by atoms with van der Waals surface area (Å²) in [5.74, 6) is -0.249. The maximum absolute atomic E-state index is 12.3. The maximum atomic E-state index is 12.3. The molecule has 0 saturated carbocycles. The smallest absolute Gasteiger partial charge is 0.253 e. The molecular weight excluding hydrogens is 270 g/mol. The minimum atomic E-state index is -0.885. The normalized spacial score (nSPS) is 17.6. The number of hydrogen-bond donors (Lipinski definition) is 2. The van der Waals surface area contributed by atoms with Crippen LogP contribution in [-0.2, 0) is 4.74 Å². The van der Waals surface area contributed by atoms with Crippen molar-refractivity contribution in [1.29, 1.82) is 0 Å². The summed E-state index contributed by atoms with van der Waals surface area (Å²) in [6.45, 7) is 1.25. The molecule has 1 aromatic carbocycles. The lowest BCUT2D eigenvalue weighted by molar-refractivity contribution is -0.0605. The zero-order valence-corrected chi connectivity index (χ0v) is 11.6. The highest BCUT2D eigenvalue weighted by atomic mass is 16.5. The summed E-state index contributed by atoms with van der Waals surface area (Å²) < 4.78 is 5.22. The molecule has 6 nitrogen and oxygen atoms in total. The Morgan fingerprint density at radius 1 is 1.29 bits per heavy atom. The molecule has 0 aliphatic carbocycles.